The second kappa shape index (κ2) is 5.87. The fourth-order valence-corrected chi connectivity index (χ4v) is 2.05. The predicted octanol–water partition coefficient (Wildman–Crippen LogP) is 2.32. The van der Waals surface area contributed by atoms with Crippen molar-refractivity contribution in [3.8, 4) is 0 Å². The molecule has 0 unspecified atom stereocenters. The van der Waals surface area contributed by atoms with E-state index in [9.17, 15) is 10.1 Å². The summed E-state index contributed by atoms with van der Waals surface area (Å²) in [5.41, 5.74) is 6.73. The highest BCUT2D eigenvalue weighted by molar-refractivity contribution is 5.72. The molecule has 0 amide bonds. The summed E-state index contributed by atoms with van der Waals surface area (Å²) >= 11 is 0. The van der Waals surface area contributed by atoms with Crippen LogP contribution in [0, 0.1) is 10.1 Å². The van der Waals surface area contributed by atoms with Crippen LogP contribution in [0.5, 0.6) is 0 Å². The molecule has 0 bridgehead atoms. The van der Waals surface area contributed by atoms with E-state index < -0.39 is 4.92 Å². The third-order valence-corrected chi connectivity index (χ3v) is 3.29. The molecule has 3 N–H and O–H groups in total. The maximum absolute atomic E-state index is 10.7. The van der Waals surface area contributed by atoms with Crippen molar-refractivity contribution >= 4 is 28.6 Å². The Labute approximate surface area is 130 Å². The van der Waals surface area contributed by atoms with E-state index >= 15 is 0 Å². The largest absolute Gasteiger partial charge is 0.440 e. The molecular formula is C14H14N6O3. The first kappa shape index (κ1) is 14.7. The molecule has 0 saturated carbocycles. The smallest absolute Gasteiger partial charge is 0.329 e. The lowest BCUT2D eigenvalue weighted by Crippen LogP contribution is -2.13. The van der Waals surface area contributed by atoms with Crippen LogP contribution >= 0.6 is 0 Å². The Morgan fingerprint density at radius 1 is 1.39 bits per heavy atom. The van der Waals surface area contributed by atoms with Gasteiger partial charge >= 0.3 is 5.69 Å². The highest BCUT2D eigenvalue weighted by Crippen LogP contribution is 2.22. The molecule has 23 heavy (non-hydrogen) atoms. The van der Waals surface area contributed by atoms with Gasteiger partial charge in [0.2, 0.25) is 11.8 Å². The van der Waals surface area contributed by atoms with Gasteiger partial charge in [-0.15, -0.1) is 0 Å². The van der Waals surface area contributed by atoms with Gasteiger partial charge in [-0.05, 0) is 12.1 Å². The van der Waals surface area contributed by atoms with E-state index in [-0.39, 0.29) is 23.4 Å². The minimum absolute atomic E-state index is 0.0394. The second-order valence-corrected chi connectivity index (χ2v) is 5.02. The van der Waals surface area contributed by atoms with Crippen molar-refractivity contribution in [3.05, 3.63) is 46.5 Å². The SMILES string of the molecule is C[C@@H](CNc1ncc([N+](=O)[O-])c(N)n1)c1nc2ccccc2o1. The Morgan fingerprint density at radius 2 is 2.17 bits per heavy atom. The number of hydrogen-bond acceptors (Lipinski definition) is 8. The normalized spacial score (nSPS) is 12.2. The van der Waals surface area contributed by atoms with Gasteiger partial charge in [0.15, 0.2) is 11.5 Å². The Bertz CT molecular complexity index is 830. The van der Waals surface area contributed by atoms with Gasteiger partial charge < -0.3 is 15.5 Å². The minimum Gasteiger partial charge on any atom is -0.440 e. The Hall–Kier alpha value is -3.23. The van der Waals surface area contributed by atoms with Gasteiger partial charge in [0.1, 0.15) is 11.7 Å². The topological polar surface area (TPSA) is 133 Å². The Morgan fingerprint density at radius 3 is 2.87 bits per heavy atom. The summed E-state index contributed by atoms with van der Waals surface area (Å²) < 4.78 is 5.69. The molecular weight excluding hydrogens is 300 g/mol. The van der Waals surface area contributed by atoms with Crippen molar-refractivity contribution in [3.63, 3.8) is 0 Å². The van der Waals surface area contributed by atoms with Crippen molar-refractivity contribution in [1.29, 1.82) is 0 Å². The van der Waals surface area contributed by atoms with Gasteiger partial charge in [-0.25, -0.2) is 9.97 Å². The summed E-state index contributed by atoms with van der Waals surface area (Å²) in [6.07, 6.45) is 1.08. The number of nitro groups is 1. The number of hydrogen-bond donors (Lipinski definition) is 2. The highest BCUT2D eigenvalue weighted by Gasteiger charge is 2.16. The zero-order chi connectivity index (χ0) is 16.4. The van der Waals surface area contributed by atoms with Gasteiger partial charge in [-0.3, -0.25) is 10.1 Å². The molecule has 0 fully saturated rings. The molecule has 0 saturated heterocycles. The predicted molar refractivity (Wildman–Crippen MR) is 84.0 cm³/mol. The van der Waals surface area contributed by atoms with E-state index in [1.807, 2.05) is 31.2 Å². The van der Waals surface area contributed by atoms with Crippen LogP contribution in [0.3, 0.4) is 0 Å². The number of benzene rings is 1. The summed E-state index contributed by atoms with van der Waals surface area (Å²) in [5.74, 6) is 0.592. The number of anilines is 2. The monoisotopic (exact) mass is 314 g/mol. The van der Waals surface area contributed by atoms with Gasteiger partial charge in [0.05, 0.1) is 10.8 Å². The van der Waals surface area contributed by atoms with Crippen molar-refractivity contribution in [1.82, 2.24) is 15.0 Å². The number of nitrogens with two attached hydrogens (primary N) is 1. The zero-order valence-corrected chi connectivity index (χ0v) is 12.3. The van der Waals surface area contributed by atoms with Crippen LogP contribution in [-0.2, 0) is 0 Å². The van der Waals surface area contributed by atoms with Crippen LogP contribution in [0.2, 0.25) is 0 Å². The molecule has 2 heterocycles. The summed E-state index contributed by atoms with van der Waals surface area (Å²) in [7, 11) is 0. The first-order valence-electron chi connectivity index (χ1n) is 6.91. The third kappa shape index (κ3) is 3.03. The third-order valence-electron chi connectivity index (χ3n) is 3.29. The van der Waals surface area contributed by atoms with E-state index in [1.165, 1.54) is 0 Å². The highest BCUT2D eigenvalue weighted by atomic mass is 16.6. The quantitative estimate of drug-likeness (QED) is 0.541. The van der Waals surface area contributed by atoms with Crippen LogP contribution in [0.4, 0.5) is 17.5 Å². The van der Waals surface area contributed by atoms with E-state index in [0.29, 0.717) is 12.4 Å². The van der Waals surface area contributed by atoms with Gasteiger partial charge in [0, 0.05) is 6.54 Å². The van der Waals surface area contributed by atoms with Crippen molar-refractivity contribution < 1.29 is 9.34 Å². The fourth-order valence-electron chi connectivity index (χ4n) is 2.05. The van der Waals surface area contributed by atoms with E-state index in [2.05, 4.69) is 20.3 Å². The average molecular weight is 314 g/mol. The number of nitrogens with zero attached hydrogens (tertiary/aromatic N) is 4. The van der Waals surface area contributed by atoms with Crippen LogP contribution < -0.4 is 11.1 Å². The molecule has 1 aromatic carbocycles. The number of aromatic nitrogens is 3. The average Bonchev–Trinajstić information content (AvgIpc) is 2.96. The minimum atomic E-state index is -0.625. The van der Waals surface area contributed by atoms with Crippen molar-refractivity contribution in [2.75, 3.05) is 17.6 Å². The fraction of sp³-hybridized carbons (Fsp3) is 0.214. The maximum atomic E-state index is 10.7. The molecule has 0 aliphatic rings. The standard InChI is InChI=1S/C14H14N6O3/c1-8(13-18-9-4-2-3-5-11(9)23-13)6-16-14-17-7-10(20(21)22)12(15)19-14/h2-5,7-8H,6H2,1H3,(H3,15,16,17,19)/t8-/m0/s1. The van der Waals surface area contributed by atoms with Gasteiger partial charge in [-0.2, -0.15) is 4.98 Å². The lowest BCUT2D eigenvalue weighted by molar-refractivity contribution is -0.384. The Kier molecular flexibility index (Phi) is 3.75. The first-order chi connectivity index (χ1) is 11.0. The van der Waals surface area contributed by atoms with Crippen molar-refractivity contribution in [2.45, 2.75) is 12.8 Å². The number of para-hydroxylation sites is 2. The van der Waals surface area contributed by atoms with E-state index in [1.54, 1.807) is 0 Å². The molecule has 9 nitrogen and oxygen atoms in total. The van der Waals surface area contributed by atoms with Crippen molar-refractivity contribution in [2.24, 2.45) is 0 Å². The lowest BCUT2D eigenvalue weighted by atomic mass is 10.2. The molecule has 0 radical (unpaired) electrons. The molecule has 3 aromatic rings. The molecule has 9 heteroatoms. The molecule has 2 aromatic heterocycles. The number of oxazole rings is 1. The lowest BCUT2D eigenvalue weighted by Gasteiger charge is -2.09. The van der Waals surface area contributed by atoms with E-state index in [0.717, 1.165) is 17.3 Å². The number of nitrogen functional groups attached to an aromatic ring is 1. The summed E-state index contributed by atoms with van der Waals surface area (Å²) in [6, 6.07) is 7.51. The molecule has 1 atom stereocenters. The molecule has 3 rings (SSSR count). The zero-order valence-electron chi connectivity index (χ0n) is 12.3. The van der Waals surface area contributed by atoms with Crippen LogP contribution in [0.15, 0.2) is 34.9 Å². The van der Waals surface area contributed by atoms with Gasteiger partial charge in [0.25, 0.3) is 0 Å². The molecule has 0 aliphatic heterocycles. The first-order valence-corrected chi connectivity index (χ1v) is 6.91. The van der Waals surface area contributed by atoms with Crippen LogP contribution in [0.25, 0.3) is 11.1 Å². The summed E-state index contributed by atoms with van der Waals surface area (Å²) in [6.45, 7) is 2.39. The number of fused-ring (bicyclic) bond motifs is 1. The second-order valence-electron chi connectivity index (χ2n) is 5.02. The van der Waals surface area contributed by atoms with Crippen LogP contribution in [-0.4, -0.2) is 26.4 Å². The molecule has 0 aliphatic carbocycles. The number of nitrogens with one attached hydrogen (secondary N) is 1. The summed E-state index contributed by atoms with van der Waals surface area (Å²) in [5, 5.41) is 13.6. The Balaban J connectivity index is 1.70. The van der Waals surface area contributed by atoms with Crippen LogP contribution in [0.1, 0.15) is 18.7 Å². The molecule has 118 valence electrons. The maximum Gasteiger partial charge on any atom is 0.329 e. The van der Waals surface area contributed by atoms with E-state index in [4.69, 9.17) is 10.2 Å². The van der Waals surface area contributed by atoms with Gasteiger partial charge in [-0.1, -0.05) is 19.1 Å². The number of rotatable bonds is 5. The summed E-state index contributed by atoms with van der Waals surface area (Å²) in [4.78, 5) is 22.2. The molecule has 0 spiro atoms.